The van der Waals surface area contributed by atoms with E-state index < -0.39 is 23.9 Å². The Bertz CT molecular complexity index is 859. The van der Waals surface area contributed by atoms with Crippen molar-refractivity contribution in [2.45, 2.75) is 33.2 Å². The molecule has 0 spiro atoms. The van der Waals surface area contributed by atoms with Gasteiger partial charge in [-0.05, 0) is 27.3 Å². The fraction of sp³-hybridized carbons (Fsp3) is 0.650. The number of piperazine rings is 1. The largest absolute Gasteiger partial charge is 0.465 e. The van der Waals surface area contributed by atoms with Crippen LogP contribution in [0.2, 0.25) is 0 Å². The van der Waals surface area contributed by atoms with E-state index in [9.17, 15) is 9.59 Å². The molecule has 3 rings (SSSR count). The number of aromatic nitrogens is 4. The summed E-state index contributed by atoms with van der Waals surface area (Å²) >= 11 is 0. The Hall–Kier alpha value is -2.75. The first kappa shape index (κ1) is 21.9. The van der Waals surface area contributed by atoms with Crippen LogP contribution in [-0.2, 0) is 19.1 Å². The lowest BCUT2D eigenvalue weighted by atomic mass is 9.97. The van der Waals surface area contributed by atoms with Crippen LogP contribution in [0.3, 0.4) is 0 Å². The first-order valence-corrected chi connectivity index (χ1v) is 10.5. The maximum atomic E-state index is 12.6. The van der Waals surface area contributed by atoms with Crippen LogP contribution in [0.5, 0.6) is 0 Å². The quantitative estimate of drug-likeness (QED) is 0.463. The van der Waals surface area contributed by atoms with E-state index in [2.05, 4.69) is 31.8 Å². The molecule has 0 saturated carbocycles. The summed E-state index contributed by atoms with van der Waals surface area (Å²) in [4.78, 5) is 43.2. The predicted molar refractivity (Wildman–Crippen MR) is 111 cm³/mol. The number of anilines is 1. The summed E-state index contributed by atoms with van der Waals surface area (Å²) < 4.78 is 12.1. The molecular formula is C20H30N6O4. The van der Waals surface area contributed by atoms with Gasteiger partial charge >= 0.3 is 11.9 Å². The van der Waals surface area contributed by atoms with Crippen molar-refractivity contribution in [2.24, 2.45) is 5.92 Å². The number of imidazole rings is 1. The molecule has 10 nitrogen and oxygen atoms in total. The number of esters is 2. The molecule has 1 saturated heterocycles. The molecule has 0 N–H and O–H groups in total. The Kier molecular flexibility index (Phi) is 7.20. The lowest BCUT2D eigenvalue weighted by Gasteiger charge is -2.33. The first-order valence-electron chi connectivity index (χ1n) is 10.5. The molecule has 1 unspecified atom stereocenters. The van der Waals surface area contributed by atoms with Crippen LogP contribution in [0, 0.1) is 5.92 Å². The molecule has 2 aromatic rings. The highest BCUT2D eigenvalue weighted by atomic mass is 16.6. The number of hydrogen-bond acceptors (Lipinski definition) is 9. The lowest BCUT2D eigenvalue weighted by molar-refractivity contribution is -0.164. The second-order valence-electron chi connectivity index (χ2n) is 7.27. The molecule has 0 aromatic carbocycles. The van der Waals surface area contributed by atoms with E-state index in [-0.39, 0.29) is 13.2 Å². The number of carbonyl (C=O) groups excluding carboxylic acids is 2. The van der Waals surface area contributed by atoms with Gasteiger partial charge in [0, 0.05) is 26.2 Å². The summed E-state index contributed by atoms with van der Waals surface area (Å²) in [7, 11) is 2.10. The van der Waals surface area contributed by atoms with Gasteiger partial charge in [-0.3, -0.25) is 9.59 Å². The van der Waals surface area contributed by atoms with E-state index in [1.165, 1.54) is 6.33 Å². The molecule has 0 aliphatic carbocycles. The molecule has 2 aromatic heterocycles. The molecule has 0 radical (unpaired) electrons. The molecular weight excluding hydrogens is 388 g/mol. The van der Waals surface area contributed by atoms with Crippen LogP contribution in [0.4, 0.5) is 5.82 Å². The van der Waals surface area contributed by atoms with Gasteiger partial charge < -0.3 is 23.8 Å². The minimum absolute atomic E-state index is 0.186. The molecule has 1 aliphatic rings. The molecule has 0 amide bonds. The van der Waals surface area contributed by atoms with Gasteiger partial charge in [0.25, 0.3) is 0 Å². The summed E-state index contributed by atoms with van der Waals surface area (Å²) in [5.41, 5.74) is 1.25. The zero-order valence-corrected chi connectivity index (χ0v) is 18.1. The SMILES string of the molecule is CCOC(=O)C(C(=O)OCC)C(CC)n1cnc2c(N3CCN(C)CC3)ncnc21. The molecule has 1 fully saturated rings. The number of ether oxygens (including phenoxy) is 2. The van der Waals surface area contributed by atoms with Crippen LogP contribution < -0.4 is 4.90 Å². The van der Waals surface area contributed by atoms with Crippen LogP contribution in [0.1, 0.15) is 33.2 Å². The summed E-state index contributed by atoms with van der Waals surface area (Å²) in [5.74, 6) is -1.52. The average molecular weight is 418 g/mol. The van der Waals surface area contributed by atoms with Crippen molar-refractivity contribution in [3.05, 3.63) is 12.7 Å². The Morgan fingerprint density at radius 1 is 1.00 bits per heavy atom. The van der Waals surface area contributed by atoms with Crippen LogP contribution in [0.25, 0.3) is 11.2 Å². The molecule has 0 bridgehead atoms. The van der Waals surface area contributed by atoms with E-state index in [4.69, 9.17) is 9.47 Å². The van der Waals surface area contributed by atoms with Gasteiger partial charge in [0.1, 0.15) is 6.33 Å². The Balaban J connectivity index is 1.99. The lowest BCUT2D eigenvalue weighted by Crippen LogP contribution is -2.44. The Labute approximate surface area is 176 Å². The summed E-state index contributed by atoms with van der Waals surface area (Å²) in [6, 6.07) is -0.525. The summed E-state index contributed by atoms with van der Waals surface area (Å²) in [6.45, 7) is 9.28. The highest BCUT2D eigenvalue weighted by molar-refractivity contribution is 5.96. The number of fused-ring (bicyclic) bond motifs is 1. The van der Waals surface area contributed by atoms with E-state index >= 15 is 0 Å². The standard InChI is InChI=1S/C20H30N6O4/c1-5-14(15(19(27)29-6-2)20(28)30-7-3)26-13-23-16-17(21-12-22-18(16)26)25-10-8-24(4)9-11-25/h12-15H,5-11H2,1-4H3. The van der Waals surface area contributed by atoms with Gasteiger partial charge in [0.15, 0.2) is 22.9 Å². The van der Waals surface area contributed by atoms with E-state index in [1.54, 1.807) is 24.7 Å². The molecule has 1 atom stereocenters. The fourth-order valence-electron chi connectivity index (χ4n) is 3.80. The third-order valence-electron chi connectivity index (χ3n) is 5.38. The second-order valence-corrected chi connectivity index (χ2v) is 7.27. The van der Waals surface area contributed by atoms with Crippen molar-refractivity contribution in [2.75, 3.05) is 51.3 Å². The monoisotopic (exact) mass is 418 g/mol. The summed E-state index contributed by atoms with van der Waals surface area (Å²) in [5, 5.41) is 0. The van der Waals surface area contributed by atoms with Gasteiger partial charge in [-0.1, -0.05) is 6.92 Å². The number of nitrogens with zero attached hydrogens (tertiary/aromatic N) is 6. The van der Waals surface area contributed by atoms with Crippen LogP contribution in [-0.4, -0.2) is 82.8 Å². The van der Waals surface area contributed by atoms with Crippen LogP contribution >= 0.6 is 0 Å². The van der Waals surface area contributed by atoms with E-state index in [1.807, 2.05) is 6.92 Å². The van der Waals surface area contributed by atoms with Crippen molar-refractivity contribution in [1.82, 2.24) is 24.4 Å². The zero-order valence-electron chi connectivity index (χ0n) is 18.1. The number of rotatable bonds is 8. The highest BCUT2D eigenvalue weighted by Crippen LogP contribution is 2.30. The second kappa shape index (κ2) is 9.84. The Morgan fingerprint density at radius 2 is 1.63 bits per heavy atom. The molecule has 10 heteroatoms. The van der Waals surface area contributed by atoms with Gasteiger partial charge in [-0.15, -0.1) is 0 Å². The smallest absolute Gasteiger partial charge is 0.322 e. The van der Waals surface area contributed by atoms with E-state index in [0.29, 0.717) is 17.6 Å². The molecule has 1 aliphatic heterocycles. The third kappa shape index (κ3) is 4.38. The van der Waals surface area contributed by atoms with Crippen molar-refractivity contribution in [1.29, 1.82) is 0 Å². The Morgan fingerprint density at radius 3 is 2.20 bits per heavy atom. The van der Waals surface area contributed by atoms with Gasteiger partial charge in [-0.25, -0.2) is 15.0 Å². The van der Waals surface area contributed by atoms with Gasteiger partial charge in [-0.2, -0.15) is 0 Å². The average Bonchev–Trinajstić information content (AvgIpc) is 3.16. The number of carbonyl (C=O) groups is 2. The maximum absolute atomic E-state index is 12.6. The zero-order chi connectivity index (χ0) is 21.7. The fourth-order valence-corrected chi connectivity index (χ4v) is 3.80. The van der Waals surface area contributed by atoms with E-state index in [0.717, 1.165) is 32.0 Å². The maximum Gasteiger partial charge on any atom is 0.322 e. The highest BCUT2D eigenvalue weighted by Gasteiger charge is 2.38. The normalized spacial score (nSPS) is 16.1. The van der Waals surface area contributed by atoms with Crippen LogP contribution in [0.15, 0.2) is 12.7 Å². The van der Waals surface area contributed by atoms with Crippen molar-refractivity contribution in [3.63, 3.8) is 0 Å². The first-order chi connectivity index (χ1) is 14.5. The molecule has 164 valence electrons. The molecule has 30 heavy (non-hydrogen) atoms. The molecule has 3 heterocycles. The predicted octanol–water partition coefficient (Wildman–Crippen LogP) is 1.27. The van der Waals surface area contributed by atoms with Crippen molar-refractivity contribution >= 4 is 28.9 Å². The minimum Gasteiger partial charge on any atom is -0.465 e. The minimum atomic E-state index is -1.09. The van der Waals surface area contributed by atoms with Crippen molar-refractivity contribution in [3.8, 4) is 0 Å². The van der Waals surface area contributed by atoms with Gasteiger partial charge in [0.2, 0.25) is 0 Å². The van der Waals surface area contributed by atoms with Crippen molar-refractivity contribution < 1.29 is 19.1 Å². The third-order valence-corrected chi connectivity index (χ3v) is 5.38. The summed E-state index contributed by atoms with van der Waals surface area (Å²) in [6.07, 6.45) is 3.63. The number of likely N-dealkylation sites (N-methyl/N-ethyl adjacent to an activating group) is 1. The number of hydrogen-bond donors (Lipinski definition) is 0. The van der Waals surface area contributed by atoms with Gasteiger partial charge in [0.05, 0.1) is 25.6 Å². The topological polar surface area (TPSA) is 103 Å².